The van der Waals surface area contributed by atoms with Gasteiger partial charge < -0.3 is 10.1 Å². The van der Waals surface area contributed by atoms with Gasteiger partial charge in [-0.05, 0) is 6.92 Å². The van der Waals surface area contributed by atoms with E-state index in [1.165, 1.54) is 0 Å². The number of aromatic nitrogens is 3. The first kappa shape index (κ1) is 15.5. The van der Waals surface area contributed by atoms with Crippen LogP contribution in [0, 0.1) is 0 Å². The lowest BCUT2D eigenvalue weighted by Crippen LogP contribution is -2.44. The minimum absolute atomic E-state index is 0.430. The van der Waals surface area contributed by atoms with E-state index in [9.17, 15) is 0 Å². The molecule has 0 saturated carbocycles. The molecule has 0 spiro atoms. The second kappa shape index (κ2) is 7.73. The third-order valence-electron chi connectivity index (χ3n) is 3.60. The lowest BCUT2D eigenvalue weighted by molar-refractivity contribution is 0.0343. The van der Waals surface area contributed by atoms with Gasteiger partial charge in [-0.15, -0.1) is 11.3 Å². The maximum Gasteiger partial charge on any atom is 0.143 e. The SMILES string of the molecule is C[C@H](CN1CCOCC1)NCc1csc(-c2cnccn2)n1. The predicted molar refractivity (Wildman–Crippen MR) is 86.7 cm³/mol. The number of nitrogens with zero attached hydrogens (tertiary/aromatic N) is 4. The van der Waals surface area contributed by atoms with Gasteiger partial charge in [0.1, 0.15) is 10.7 Å². The molecular weight excluding hydrogens is 298 g/mol. The highest BCUT2D eigenvalue weighted by atomic mass is 32.1. The molecule has 118 valence electrons. The number of rotatable bonds is 6. The molecule has 0 radical (unpaired) electrons. The van der Waals surface area contributed by atoms with Crippen LogP contribution in [0.4, 0.5) is 0 Å². The standard InChI is InChI=1S/C15H21N5OS/c1-12(10-20-4-6-21-7-5-20)18-8-13-11-22-15(19-13)14-9-16-2-3-17-14/h2-3,9,11-12,18H,4-8,10H2,1H3/t12-/m1/s1. The summed E-state index contributed by atoms with van der Waals surface area (Å²) in [5.74, 6) is 0. The number of ether oxygens (including phenoxy) is 1. The number of thiazole rings is 1. The summed E-state index contributed by atoms with van der Waals surface area (Å²) in [4.78, 5) is 15.4. The molecule has 1 fully saturated rings. The molecule has 0 bridgehead atoms. The Morgan fingerprint density at radius 1 is 1.36 bits per heavy atom. The Morgan fingerprint density at radius 2 is 2.23 bits per heavy atom. The fourth-order valence-corrected chi connectivity index (χ4v) is 3.21. The average molecular weight is 319 g/mol. The molecule has 7 heteroatoms. The van der Waals surface area contributed by atoms with Crippen molar-refractivity contribution in [1.29, 1.82) is 0 Å². The van der Waals surface area contributed by atoms with Gasteiger partial charge in [0, 0.05) is 50.0 Å². The molecular formula is C15H21N5OS. The summed E-state index contributed by atoms with van der Waals surface area (Å²) in [6, 6.07) is 0.430. The van der Waals surface area contributed by atoms with Crippen molar-refractivity contribution >= 4 is 11.3 Å². The van der Waals surface area contributed by atoms with Gasteiger partial charge in [0.05, 0.1) is 25.1 Å². The molecule has 1 aliphatic heterocycles. The van der Waals surface area contributed by atoms with Gasteiger partial charge in [0.25, 0.3) is 0 Å². The molecule has 6 nitrogen and oxygen atoms in total. The van der Waals surface area contributed by atoms with Gasteiger partial charge in [0.15, 0.2) is 0 Å². The largest absolute Gasteiger partial charge is 0.379 e. The van der Waals surface area contributed by atoms with Crippen LogP contribution in [-0.4, -0.2) is 58.7 Å². The summed E-state index contributed by atoms with van der Waals surface area (Å²) in [7, 11) is 0. The summed E-state index contributed by atoms with van der Waals surface area (Å²) < 4.78 is 5.37. The van der Waals surface area contributed by atoms with Crippen LogP contribution in [0.2, 0.25) is 0 Å². The van der Waals surface area contributed by atoms with Gasteiger partial charge in [-0.2, -0.15) is 0 Å². The van der Waals surface area contributed by atoms with Gasteiger partial charge in [-0.1, -0.05) is 0 Å². The number of morpholine rings is 1. The molecule has 22 heavy (non-hydrogen) atoms. The van der Waals surface area contributed by atoms with Gasteiger partial charge >= 0.3 is 0 Å². The lowest BCUT2D eigenvalue weighted by Gasteiger charge is -2.29. The van der Waals surface area contributed by atoms with Crippen LogP contribution in [0.1, 0.15) is 12.6 Å². The highest BCUT2D eigenvalue weighted by Crippen LogP contribution is 2.20. The summed E-state index contributed by atoms with van der Waals surface area (Å²) in [5.41, 5.74) is 1.89. The number of hydrogen-bond acceptors (Lipinski definition) is 7. The topological polar surface area (TPSA) is 63.2 Å². The van der Waals surface area contributed by atoms with Crippen molar-refractivity contribution in [1.82, 2.24) is 25.2 Å². The minimum Gasteiger partial charge on any atom is -0.379 e. The van der Waals surface area contributed by atoms with Crippen molar-refractivity contribution in [2.75, 3.05) is 32.8 Å². The van der Waals surface area contributed by atoms with Crippen LogP contribution in [0.5, 0.6) is 0 Å². The molecule has 1 saturated heterocycles. The van der Waals surface area contributed by atoms with E-state index >= 15 is 0 Å². The van der Waals surface area contributed by atoms with E-state index in [0.717, 1.165) is 55.8 Å². The Hall–Kier alpha value is -1.41. The summed E-state index contributed by atoms with van der Waals surface area (Å²) in [6.45, 7) is 7.79. The van der Waals surface area contributed by atoms with Crippen LogP contribution in [0.3, 0.4) is 0 Å². The van der Waals surface area contributed by atoms with E-state index < -0.39 is 0 Å². The van der Waals surface area contributed by atoms with Crippen LogP contribution in [0.25, 0.3) is 10.7 Å². The molecule has 0 amide bonds. The fraction of sp³-hybridized carbons (Fsp3) is 0.533. The third-order valence-corrected chi connectivity index (χ3v) is 4.52. The first-order valence-electron chi connectivity index (χ1n) is 7.55. The zero-order chi connectivity index (χ0) is 15.2. The highest BCUT2D eigenvalue weighted by Gasteiger charge is 2.14. The smallest absolute Gasteiger partial charge is 0.143 e. The third kappa shape index (κ3) is 4.30. The maximum absolute atomic E-state index is 5.37. The van der Waals surface area contributed by atoms with Crippen molar-refractivity contribution in [3.05, 3.63) is 29.7 Å². The number of nitrogens with one attached hydrogen (secondary N) is 1. The monoisotopic (exact) mass is 319 g/mol. The van der Waals surface area contributed by atoms with Gasteiger partial charge in [-0.25, -0.2) is 4.98 Å². The Bertz CT molecular complexity index is 570. The van der Waals surface area contributed by atoms with Crippen molar-refractivity contribution < 1.29 is 4.74 Å². The van der Waals surface area contributed by atoms with Crippen LogP contribution >= 0.6 is 11.3 Å². The molecule has 1 aliphatic rings. The zero-order valence-electron chi connectivity index (χ0n) is 12.7. The van der Waals surface area contributed by atoms with E-state index in [4.69, 9.17) is 4.74 Å². The molecule has 2 aromatic rings. The summed E-state index contributed by atoms with van der Waals surface area (Å²) in [5, 5.41) is 6.54. The van der Waals surface area contributed by atoms with Gasteiger partial charge in [0.2, 0.25) is 0 Å². The number of hydrogen-bond donors (Lipinski definition) is 1. The van der Waals surface area contributed by atoms with Crippen molar-refractivity contribution in [3.8, 4) is 10.7 Å². The van der Waals surface area contributed by atoms with E-state index in [-0.39, 0.29) is 0 Å². The Kier molecular flexibility index (Phi) is 5.44. The molecule has 3 heterocycles. The lowest BCUT2D eigenvalue weighted by atomic mass is 10.3. The molecule has 0 unspecified atom stereocenters. The minimum atomic E-state index is 0.430. The van der Waals surface area contributed by atoms with Crippen molar-refractivity contribution in [2.24, 2.45) is 0 Å². The van der Waals surface area contributed by atoms with E-state index in [0.29, 0.717) is 6.04 Å². The molecule has 1 atom stereocenters. The zero-order valence-corrected chi connectivity index (χ0v) is 13.6. The molecule has 2 aromatic heterocycles. The van der Waals surface area contributed by atoms with E-state index in [1.54, 1.807) is 29.9 Å². The first-order valence-corrected chi connectivity index (χ1v) is 8.43. The van der Waals surface area contributed by atoms with Crippen molar-refractivity contribution in [3.63, 3.8) is 0 Å². The Labute approximate surface area is 134 Å². The maximum atomic E-state index is 5.37. The van der Waals surface area contributed by atoms with E-state index in [2.05, 4.69) is 37.5 Å². The van der Waals surface area contributed by atoms with Crippen molar-refractivity contribution in [2.45, 2.75) is 19.5 Å². The van der Waals surface area contributed by atoms with Crippen LogP contribution in [0.15, 0.2) is 24.0 Å². The van der Waals surface area contributed by atoms with Gasteiger partial charge in [-0.3, -0.25) is 14.9 Å². The normalized spacial score (nSPS) is 17.5. The molecule has 0 aliphatic carbocycles. The first-order chi connectivity index (χ1) is 10.8. The molecule has 1 N–H and O–H groups in total. The molecule has 3 rings (SSSR count). The Balaban J connectivity index is 1.48. The summed E-state index contributed by atoms with van der Waals surface area (Å²) in [6.07, 6.45) is 5.11. The van der Waals surface area contributed by atoms with Crippen LogP contribution < -0.4 is 5.32 Å². The Morgan fingerprint density at radius 3 is 3.00 bits per heavy atom. The fourth-order valence-electron chi connectivity index (χ4n) is 2.43. The van der Waals surface area contributed by atoms with E-state index in [1.807, 2.05) is 0 Å². The summed E-state index contributed by atoms with van der Waals surface area (Å²) >= 11 is 1.61. The predicted octanol–water partition coefficient (Wildman–Crippen LogP) is 1.41. The molecule has 0 aromatic carbocycles. The second-order valence-corrected chi connectivity index (χ2v) is 6.29. The van der Waals surface area contributed by atoms with Crippen LogP contribution in [-0.2, 0) is 11.3 Å². The average Bonchev–Trinajstić information content (AvgIpc) is 3.04. The second-order valence-electron chi connectivity index (χ2n) is 5.43. The highest BCUT2D eigenvalue weighted by molar-refractivity contribution is 7.13. The quantitative estimate of drug-likeness (QED) is 0.868.